The Morgan fingerprint density at radius 3 is 2.80 bits per heavy atom. The van der Waals surface area contributed by atoms with E-state index >= 15 is 0 Å². The summed E-state index contributed by atoms with van der Waals surface area (Å²) in [6.45, 7) is 6.35. The van der Waals surface area contributed by atoms with Crippen LogP contribution < -0.4 is 5.73 Å². The highest BCUT2D eigenvalue weighted by Gasteiger charge is 2.29. The lowest BCUT2D eigenvalue weighted by atomic mass is 9.93. The topological polar surface area (TPSA) is 73.8 Å². The van der Waals surface area contributed by atoms with Crippen molar-refractivity contribution in [3.8, 4) is 0 Å². The third-order valence-corrected chi connectivity index (χ3v) is 2.54. The van der Waals surface area contributed by atoms with Crippen LogP contribution in [0.3, 0.4) is 0 Å². The minimum Gasteiger partial charge on any atom is -0.319 e. The molecule has 0 aliphatic heterocycles. The van der Waals surface area contributed by atoms with E-state index in [-0.39, 0.29) is 5.78 Å². The molecule has 0 amide bonds. The smallest absolute Gasteiger partial charge is 0.201 e. The molecule has 5 heteroatoms. The van der Waals surface area contributed by atoms with E-state index in [0.717, 1.165) is 6.42 Å². The summed E-state index contributed by atoms with van der Waals surface area (Å²) < 4.78 is 1.61. The maximum Gasteiger partial charge on any atom is 0.201 e. The van der Waals surface area contributed by atoms with Crippen molar-refractivity contribution in [1.82, 2.24) is 15.0 Å². The Bertz CT molecular complexity index is 343. The van der Waals surface area contributed by atoms with Crippen molar-refractivity contribution in [2.45, 2.75) is 45.7 Å². The van der Waals surface area contributed by atoms with Gasteiger partial charge in [0.25, 0.3) is 0 Å². The number of aromatic nitrogens is 3. The van der Waals surface area contributed by atoms with Gasteiger partial charge in [0.1, 0.15) is 5.69 Å². The van der Waals surface area contributed by atoms with Crippen molar-refractivity contribution in [3.63, 3.8) is 0 Å². The third-order valence-electron chi connectivity index (χ3n) is 2.54. The fourth-order valence-corrected chi connectivity index (χ4v) is 1.26. The Kier molecular flexibility index (Phi) is 3.57. The van der Waals surface area contributed by atoms with Gasteiger partial charge in [0.15, 0.2) is 0 Å². The van der Waals surface area contributed by atoms with E-state index in [9.17, 15) is 4.79 Å². The second-order valence-electron chi connectivity index (χ2n) is 3.94. The summed E-state index contributed by atoms with van der Waals surface area (Å²) in [4.78, 5) is 12.0. The van der Waals surface area contributed by atoms with E-state index in [1.165, 1.54) is 6.20 Å². The molecular weight excluding hydrogens is 192 g/mol. The molecule has 0 aromatic carbocycles. The van der Waals surface area contributed by atoms with Gasteiger partial charge in [-0.3, -0.25) is 4.79 Å². The van der Waals surface area contributed by atoms with E-state index in [4.69, 9.17) is 5.73 Å². The highest BCUT2D eigenvalue weighted by Crippen LogP contribution is 2.13. The lowest BCUT2D eigenvalue weighted by Crippen LogP contribution is -2.45. The SMILES string of the molecule is CCCn1nncc1C(=O)C(C)(N)CC. The summed E-state index contributed by atoms with van der Waals surface area (Å²) in [6.07, 6.45) is 3.00. The minimum atomic E-state index is -0.826. The zero-order valence-electron chi connectivity index (χ0n) is 9.53. The molecule has 0 fully saturated rings. The zero-order valence-corrected chi connectivity index (χ0v) is 9.53. The van der Waals surface area contributed by atoms with Gasteiger partial charge in [-0.15, -0.1) is 5.10 Å². The molecular formula is C10H18N4O. The van der Waals surface area contributed by atoms with Crippen LogP contribution in [0.2, 0.25) is 0 Å². The van der Waals surface area contributed by atoms with Crippen molar-refractivity contribution < 1.29 is 4.79 Å². The van der Waals surface area contributed by atoms with Crippen molar-refractivity contribution in [2.75, 3.05) is 0 Å². The first-order valence-electron chi connectivity index (χ1n) is 5.25. The van der Waals surface area contributed by atoms with E-state index < -0.39 is 5.54 Å². The Balaban J connectivity index is 2.96. The number of nitrogens with zero attached hydrogens (tertiary/aromatic N) is 3. The van der Waals surface area contributed by atoms with E-state index in [0.29, 0.717) is 18.7 Å². The molecule has 1 aromatic rings. The highest BCUT2D eigenvalue weighted by atomic mass is 16.1. The maximum atomic E-state index is 12.0. The third kappa shape index (κ3) is 2.41. The predicted octanol–water partition coefficient (Wildman–Crippen LogP) is 0.998. The van der Waals surface area contributed by atoms with Crippen molar-refractivity contribution >= 4 is 5.78 Å². The molecule has 0 aliphatic carbocycles. The molecule has 1 heterocycles. The van der Waals surface area contributed by atoms with Crippen LogP contribution in [0.15, 0.2) is 6.20 Å². The molecule has 0 radical (unpaired) electrons. The predicted molar refractivity (Wildman–Crippen MR) is 57.5 cm³/mol. The summed E-state index contributed by atoms with van der Waals surface area (Å²) in [7, 11) is 0. The number of ketones is 1. The Morgan fingerprint density at radius 1 is 1.60 bits per heavy atom. The normalized spacial score (nSPS) is 14.9. The van der Waals surface area contributed by atoms with Gasteiger partial charge >= 0.3 is 0 Å². The largest absolute Gasteiger partial charge is 0.319 e. The first-order chi connectivity index (χ1) is 7.03. The summed E-state index contributed by atoms with van der Waals surface area (Å²) in [5, 5.41) is 7.61. The van der Waals surface area contributed by atoms with Crippen molar-refractivity contribution in [1.29, 1.82) is 0 Å². The van der Waals surface area contributed by atoms with Crippen molar-refractivity contribution in [2.24, 2.45) is 5.73 Å². The molecule has 15 heavy (non-hydrogen) atoms. The molecule has 1 atom stereocenters. The van der Waals surface area contributed by atoms with Crippen LogP contribution in [0.5, 0.6) is 0 Å². The quantitative estimate of drug-likeness (QED) is 0.736. The molecule has 2 N–H and O–H groups in total. The number of Topliss-reactive ketones (excluding diaryl/α,β-unsaturated/α-hetero) is 1. The maximum absolute atomic E-state index is 12.0. The summed E-state index contributed by atoms with van der Waals surface area (Å²) in [5.41, 5.74) is 5.57. The number of hydrogen-bond donors (Lipinski definition) is 1. The van der Waals surface area contributed by atoms with Crippen LogP contribution in [0.1, 0.15) is 44.1 Å². The molecule has 0 bridgehead atoms. The van der Waals surface area contributed by atoms with Crippen LogP contribution in [-0.2, 0) is 6.54 Å². The van der Waals surface area contributed by atoms with Gasteiger partial charge in [-0.2, -0.15) is 0 Å². The zero-order chi connectivity index (χ0) is 11.5. The number of aryl methyl sites for hydroxylation is 1. The Labute approximate surface area is 89.6 Å². The van der Waals surface area contributed by atoms with Gasteiger partial charge in [0.05, 0.1) is 11.7 Å². The molecule has 0 aliphatic rings. The summed E-state index contributed by atoms with van der Waals surface area (Å²) in [6, 6.07) is 0. The molecule has 5 nitrogen and oxygen atoms in total. The number of carbonyl (C=O) groups excluding carboxylic acids is 1. The van der Waals surface area contributed by atoms with E-state index in [1.807, 2.05) is 13.8 Å². The molecule has 0 saturated heterocycles. The van der Waals surface area contributed by atoms with Crippen LogP contribution >= 0.6 is 0 Å². The fraction of sp³-hybridized carbons (Fsp3) is 0.700. The molecule has 1 unspecified atom stereocenters. The lowest BCUT2D eigenvalue weighted by Gasteiger charge is -2.20. The van der Waals surface area contributed by atoms with Gasteiger partial charge in [0.2, 0.25) is 5.78 Å². The number of nitrogens with two attached hydrogens (primary N) is 1. The first kappa shape index (κ1) is 11.8. The van der Waals surface area contributed by atoms with Crippen molar-refractivity contribution in [3.05, 3.63) is 11.9 Å². The minimum absolute atomic E-state index is 0.0940. The number of carbonyl (C=O) groups is 1. The monoisotopic (exact) mass is 210 g/mol. The number of rotatable bonds is 5. The van der Waals surface area contributed by atoms with E-state index in [1.54, 1.807) is 11.6 Å². The lowest BCUT2D eigenvalue weighted by molar-refractivity contribution is 0.0886. The summed E-state index contributed by atoms with van der Waals surface area (Å²) in [5.74, 6) is -0.0940. The fourth-order valence-electron chi connectivity index (χ4n) is 1.26. The van der Waals surface area contributed by atoms with Crippen LogP contribution in [-0.4, -0.2) is 26.3 Å². The van der Waals surface area contributed by atoms with Crippen LogP contribution in [0.25, 0.3) is 0 Å². The Morgan fingerprint density at radius 2 is 2.27 bits per heavy atom. The Hall–Kier alpha value is -1.23. The van der Waals surface area contributed by atoms with Gasteiger partial charge in [0, 0.05) is 6.54 Å². The van der Waals surface area contributed by atoms with Crippen LogP contribution in [0, 0.1) is 0 Å². The molecule has 0 spiro atoms. The summed E-state index contributed by atoms with van der Waals surface area (Å²) >= 11 is 0. The van der Waals surface area contributed by atoms with E-state index in [2.05, 4.69) is 10.3 Å². The van der Waals surface area contributed by atoms with Gasteiger partial charge in [-0.1, -0.05) is 19.1 Å². The highest BCUT2D eigenvalue weighted by molar-refractivity contribution is 6.01. The molecule has 84 valence electrons. The van der Waals surface area contributed by atoms with Gasteiger partial charge in [-0.05, 0) is 19.8 Å². The molecule has 0 saturated carbocycles. The average Bonchev–Trinajstić information content (AvgIpc) is 2.65. The number of hydrogen-bond acceptors (Lipinski definition) is 4. The molecule has 1 aromatic heterocycles. The second-order valence-corrected chi connectivity index (χ2v) is 3.94. The first-order valence-corrected chi connectivity index (χ1v) is 5.25. The van der Waals surface area contributed by atoms with Gasteiger partial charge < -0.3 is 5.73 Å². The average molecular weight is 210 g/mol. The molecule has 1 rings (SSSR count). The van der Waals surface area contributed by atoms with Crippen LogP contribution in [0.4, 0.5) is 0 Å². The second kappa shape index (κ2) is 4.53. The standard InChI is InChI=1S/C10H18N4O/c1-4-6-14-8(7-12-13-14)9(15)10(3,11)5-2/h7H,4-6,11H2,1-3H3. The van der Waals surface area contributed by atoms with Gasteiger partial charge in [-0.25, -0.2) is 4.68 Å².